The van der Waals surface area contributed by atoms with Gasteiger partial charge in [-0.2, -0.15) is 0 Å². The first-order valence-corrected chi connectivity index (χ1v) is 9.94. The zero-order chi connectivity index (χ0) is 18.4. The predicted octanol–water partition coefficient (Wildman–Crippen LogP) is 2.37. The van der Waals surface area contributed by atoms with E-state index in [1.165, 1.54) is 29.7 Å². The Bertz CT molecular complexity index is 1090. The molecule has 132 valence electrons. The van der Waals surface area contributed by atoms with Crippen LogP contribution in [0.15, 0.2) is 40.3 Å². The SMILES string of the molecule is Cc1sc2ncn(Cc3ccc(S(=O)(=O)N(C)C)cc3)c(=O)c2c1C. The largest absolute Gasteiger partial charge is 0.294 e. The molecule has 0 aliphatic rings. The Balaban J connectivity index is 1.96. The van der Waals surface area contributed by atoms with Gasteiger partial charge in [0.1, 0.15) is 4.83 Å². The van der Waals surface area contributed by atoms with E-state index in [0.717, 1.165) is 20.8 Å². The lowest BCUT2D eigenvalue weighted by Crippen LogP contribution is -2.22. The van der Waals surface area contributed by atoms with Crippen molar-refractivity contribution in [2.45, 2.75) is 25.3 Å². The van der Waals surface area contributed by atoms with E-state index in [4.69, 9.17) is 0 Å². The number of sulfonamides is 1. The van der Waals surface area contributed by atoms with Gasteiger partial charge in [0.05, 0.1) is 23.2 Å². The third kappa shape index (κ3) is 3.12. The molecule has 0 fully saturated rings. The van der Waals surface area contributed by atoms with Gasteiger partial charge in [-0.25, -0.2) is 17.7 Å². The van der Waals surface area contributed by atoms with E-state index >= 15 is 0 Å². The fraction of sp³-hybridized carbons (Fsp3) is 0.294. The van der Waals surface area contributed by atoms with Gasteiger partial charge in [0, 0.05) is 19.0 Å². The molecule has 0 bridgehead atoms. The fourth-order valence-electron chi connectivity index (χ4n) is 2.56. The van der Waals surface area contributed by atoms with Crippen LogP contribution < -0.4 is 5.56 Å². The number of benzene rings is 1. The summed E-state index contributed by atoms with van der Waals surface area (Å²) in [6.07, 6.45) is 1.55. The molecule has 25 heavy (non-hydrogen) atoms. The van der Waals surface area contributed by atoms with E-state index in [-0.39, 0.29) is 10.5 Å². The maximum atomic E-state index is 12.7. The van der Waals surface area contributed by atoms with Crippen molar-refractivity contribution < 1.29 is 8.42 Å². The maximum Gasteiger partial charge on any atom is 0.262 e. The molecule has 0 radical (unpaired) electrons. The first-order chi connectivity index (χ1) is 11.7. The quantitative estimate of drug-likeness (QED) is 0.700. The van der Waals surface area contributed by atoms with Crippen molar-refractivity contribution in [1.82, 2.24) is 13.9 Å². The van der Waals surface area contributed by atoms with E-state index in [1.54, 1.807) is 35.2 Å². The van der Waals surface area contributed by atoms with Gasteiger partial charge in [-0.1, -0.05) is 12.1 Å². The van der Waals surface area contributed by atoms with Gasteiger partial charge in [-0.3, -0.25) is 9.36 Å². The summed E-state index contributed by atoms with van der Waals surface area (Å²) >= 11 is 1.52. The second kappa shape index (κ2) is 6.36. The minimum atomic E-state index is -3.45. The molecular formula is C17H19N3O3S2. The number of thiophene rings is 1. The molecule has 0 saturated carbocycles. The number of aromatic nitrogens is 2. The molecule has 0 atom stereocenters. The summed E-state index contributed by atoms with van der Waals surface area (Å²) in [6, 6.07) is 6.56. The van der Waals surface area contributed by atoms with E-state index < -0.39 is 10.0 Å². The smallest absolute Gasteiger partial charge is 0.262 e. The van der Waals surface area contributed by atoms with Gasteiger partial charge < -0.3 is 0 Å². The molecule has 0 spiro atoms. The lowest BCUT2D eigenvalue weighted by atomic mass is 10.2. The maximum absolute atomic E-state index is 12.7. The Morgan fingerprint density at radius 1 is 1.16 bits per heavy atom. The highest BCUT2D eigenvalue weighted by Crippen LogP contribution is 2.25. The highest BCUT2D eigenvalue weighted by atomic mass is 32.2. The average molecular weight is 377 g/mol. The average Bonchev–Trinajstić information content (AvgIpc) is 2.86. The Morgan fingerprint density at radius 2 is 1.80 bits per heavy atom. The summed E-state index contributed by atoms with van der Waals surface area (Å²) in [5.41, 5.74) is 1.74. The molecule has 0 aliphatic heterocycles. The van der Waals surface area contributed by atoms with Crippen LogP contribution in [0.25, 0.3) is 10.2 Å². The van der Waals surface area contributed by atoms with Crippen LogP contribution in [-0.2, 0) is 16.6 Å². The minimum absolute atomic E-state index is 0.0724. The molecule has 2 heterocycles. The van der Waals surface area contributed by atoms with Gasteiger partial charge in [0.25, 0.3) is 5.56 Å². The summed E-state index contributed by atoms with van der Waals surface area (Å²) in [6.45, 7) is 4.26. The molecule has 1 aromatic carbocycles. The highest BCUT2D eigenvalue weighted by molar-refractivity contribution is 7.89. The van der Waals surface area contributed by atoms with Crippen LogP contribution >= 0.6 is 11.3 Å². The molecule has 0 saturated heterocycles. The zero-order valence-corrected chi connectivity index (χ0v) is 16.1. The Morgan fingerprint density at radius 3 is 2.40 bits per heavy atom. The Hall–Kier alpha value is -2.03. The molecule has 0 N–H and O–H groups in total. The molecule has 0 aliphatic carbocycles. The number of rotatable bonds is 4. The minimum Gasteiger partial charge on any atom is -0.294 e. The van der Waals surface area contributed by atoms with Crippen molar-refractivity contribution in [1.29, 1.82) is 0 Å². The molecule has 3 rings (SSSR count). The summed E-state index contributed by atoms with van der Waals surface area (Å²) in [5.74, 6) is 0. The molecule has 6 nitrogen and oxygen atoms in total. The lowest BCUT2D eigenvalue weighted by molar-refractivity contribution is 0.520. The second-order valence-corrected chi connectivity index (χ2v) is 9.43. The third-order valence-corrected chi connectivity index (χ3v) is 7.16. The summed E-state index contributed by atoms with van der Waals surface area (Å²) < 4.78 is 26.9. The van der Waals surface area contributed by atoms with Crippen molar-refractivity contribution in [2.75, 3.05) is 14.1 Å². The van der Waals surface area contributed by atoms with Crippen LogP contribution in [0.5, 0.6) is 0 Å². The van der Waals surface area contributed by atoms with Crippen molar-refractivity contribution >= 4 is 31.6 Å². The van der Waals surface area contributed by atoms with Crippen molar-refractivity contribution in [3.05, 3.63) is 57.0 Å². The molecule has 2 aromatic heterocycles. The van der Waals surface area contributed by atoms with E-state index in [1.807, 2.05) is 13.8 Å². The molecule has 0 unspecified atom stereocenters. The van der Waals surface area contributed by atoms with Crippen LogP contribution in [0.4, 0.5) is 0 Å². The number of fused-ring (bicyclic) bond motifs is 1. The first-order valence-electron chi connectivity index (χ1n) is 7.68. The standard InChI is InChI=1S/C17H19N3O3S2/c1-11-12(2)24-16-15(11)17(21)20(10-18-16)9-13-5-7-14(8-6-13)25(22,23)19(3)4/h5-8,10H,9H2,1-4H3. The van der Waals surface area contributed by atoms with E-state index in [2.05, 4.69) is 4.98 Å². The van der Waals surface area contributed by atoms with Gasteiger partial charge in [-0.15, -0.1) is 11.3 Å². The first kappa shape index (κ1) is 17.8. The molecule has 3 aromatic rings. The van der Waals surface area contributed by atoms with Gasteiger partial charge >= 0.3 is 0 Å². The van der Waals surface area contributed by atoms with Crippen LogP contribution in [0.1, 0.15) is 16.0 Å². The zero-order valence-electron chi connectivity index (χ0n) is 14.5. The molecule has 0 amide bonds. The third-order valence-electron chi connectivity index (χ3n) is 4.21. The van der Waals surface area contributed by atoms with Crippen LogP contribution in [0, 0.1) is 13.8 Å². The van der Waals surface area contributed by atoms with Crippen LogP contribution in [-0.4, -0.2) is 36.4 Å². The monoisotopic (exact) mass is 377 g/mol. The van der Waals surface area contributed by atoms with Gasteiger partial charge in [0.2, 0.25) is 10.0 Å². The number of hydrogen-bond acceptors (Lipinski definition) is 5. The normalized spacial score (nSPS) is 12.2. The summed E-state index contributed by atoms with van der Waals surface area (Å²) in [5, 5.41) is 0.664. The lowest BCUT2D eigenvalue weighted by Gasteiger charge is -2.12. The van der Waals surface area contributed by atoms with Gasteiger partial charge in [0.15, 0.2) is 0 Å². The van der Waals surface area contributed by atoms with Crippen molar-refractivity contribution in [2.24, 2.45) is 0 Å². The molecule has 8 heteroatoms. The second-order valence-electron chi connectivity index (χ2n) is 6.07. The number of nitrogens with zero attached hydrogens (tertiary/aromatic N) is 3. The molecular weight excluding hydrogens is 358 g/mol. The number of aryl methyl sites for hydroxylation is 2. The summed E-state index contributed by atoms with van der Waals surface area (Å²) in [4.78, 5) is 19.2. The van der Waals surface area contributed by atoms with E-state index in [9.17, 15) is 13.2 Å². The van der Waals surface area contributed by atoms with Crippen LogP contribution in [0.2, 0.25) is 0 Å². The Labute approximate surface area is 150 Å². The van der Waals surface area contributed by atoms with E-state index in [0.29, 0.717) is 11.9 Å². The highest BCUT2D eigenvalue weighted by Gasteiger charge is 2.17. The predicted molar refractivity (Wildman–Crippen MR) is 99.8 cm³/mol. The van der Waals surface area contributed by atoms with Crippen LogP contribution in [0.3, 0.4) is 0 Å². The Kier molecular flexibility index (Phi) is 4.52. The van der Waals surface area contributed by atoms with Gasteiger partial charge in [-0.05, 0) is 37.1 Å². The number of hydrogen-bond donors (Lipinski definition) is 0. The van der Waals surface area contributed by atoms with Crippen molar-refractivity contribution in [3.63, 3.8) is 0 Å². The van der Waals surface area contributed by atoms with Crippen molar-refractivity contribution in [3.8, 4) is 0 Å². The topological polar surface area (TPSA) is 72.3 Å². The summed E-state index contributed by atoms with van der Waals surface area (Å²) in [7, 11) is -0.463. The fourth-order valence-corrected chi connectivity index (χ4v) is 4.45.